The molecule has 33 heavy (non-hydrogen) atoms. The number of rotatable bonds is 4. The molecule has 2 aliphatic heterocycles. The van der Waals surface area contributed by atoms with Gasteiger partial charge in [0.05, 0.1) is 25.1 Å². The third-order valence-corrected chi connectivity index (χ3v) is 6.18. The lowest BCUT2D eigenvalue weighted by atomic mass is 10.1. The van der Waals surface area contributed by atoms with E-state index in [0.29, 0.717) is 35.9 Å². The first-order valence-electron chi connectivity index (χ1n) is 10.5. The normalized spacial score (nSPS) is 20.2. The molecule has 0 radical (unpaired) electrons. The van der Waals surface area contributed by atoms with Crippen molar-refractivity contribution in [3.63, 3.8) is 0 Å². The van der Waals surface area contributed by atoms with Gasteiger partial charge in [-0.1, -0.05) is 6.07 Å². The number of methoxy groups -OCH3 is 1. The molecule has 0 aliphatic carbocycles. The molecule has 0 spiro atoms. The van der Waals surface area contributed by atoms with Crippen LogP contribution >= 0.6 is 0 Å². The molecule has 0 N–H and O–H groups in total. The van der Waals surface area contributed by atoms with Crippen LogP contribution in [0.5, 0.6) is 5.75 Å². The van der Waals surface area contributed by atoms with Crippen molar-refractivity contribution in [1.82, 2.24) is 24.9 Å². The number of ether oxygens (including phenoxy) is 1. The number of piperazine rings is 1. The molecule has 1 amide bonds. The third kappa shape index (κ3) is 3.77. The summed E-state index contributed by atoms with van der Waals surface area (Å²) in [7, 11) is 1.49. The van der Waals surface area contributed by atoms with Crippen LogP contribution in [-0.4, -0.2) is 63.1 Å². The first-order valence-corrected chi connectivity index (χ1v) is 10.5. The van der Waals surface area contributed by atoms with Gasteiger partial charge in [0.1, 0.15) is 22.8 Å². The third-order valence-electron chi connectivity index (χ3n) is 6.18. The second-order valence-corrected chi connectivity index (χ2v) is 8.08. The van der Waals surface area contributed by atoms with Gasteiger partial charge in [0.25, 0.3) is 5.91 Å². The van der Waals surface area contributed by atoms with E-state index in [1.54, 1.807) is 23.1 Å². The summed E-state index contributed by atoms with van der Waals surface area (Å²) in [6.45, 7) is 0.745. The highest BCUT2D eigenvalue weighted by atomic mass is 19.4. The second kappa shape index (κ2) is 8.05. The van der Waals surface area contributed by atoms with Gasteiger partial charge in [0.2, 0.25) is 0 Å². The molecular formula is C22H21F3N6O2. The second-order valence-electron chi connectivity index (χ2n) is 8.08. The number of aromatic nitrogens is 4. The minimum atomic E-state index is -4.44. The predicted octanol–water partition coefficient (Wildman–Crippen LogP) is 3.18. The van der Waals surface area contributed by atoms with E-state index in [1.807, 2.05) is 4.90 Å². The Bertz CT molecular complexity index is 1150. The SMILES string of the molecule is COc1cccc(-n2nccn2)c1C(=O)N1CC2CCC(C1)N2c1cc(C(F)(F)F)ccn1. The Labute approximate surface area is 187 Å². The molecular weight excluding hydrogens is 437 g/mol. The molecule has 2 aliphatic rings. The summed E-state index contributed by atoms with van der Waals surface area (Å²) in [5.41, 5.74) is 0.121. The molecule has 8 nitrogen and oxygen atoms in total. The van der Waals surface area contributed by atoms with Gasteiger partial charge in [-0.3, -0.25) is 4.79 Å². The zero-order chi connectivity index (χ0) is 23.2. The fourth-order valence-electron chi connectivity index (χ4n) is 4.75. The maximum absolute atomic E-state index is 13.6. The fourth-order valence-corrected chi connectivity index (χ4v) is 4.75. The van der Waals surface area contributed by atoms with E-state index < -0.39 is 11.7 Å². The average Bonchev–Trinajstić information content (AvgIpc) is 3.44. The highest BCUT2D eigenvalue weighted by Gasteiger charge is 2.43. The van der Waals surface area contributed by atoms with Gasteiger partial charge in [0, 0.05) is 31.4 Å². The van der Waals surface area contributed by atoms with Crippen molar-refractivity contribution in [2.24, 2.45) is 0 Å². The molecule has 5 rings (SSSR count). The molecule has 2 atom stereocenters. The molecule has 172 valence electrons. The van der Waals surface area contributed by atoms with Crippen LogP contribution in [0.1, 0.15) is 28.8 Å². The summed E-state index contributed by atoms with van der Waals surface area (Å²) in [5, 5.41) is 8.29. The van der Waals surface area contributed by atoms with Crippen LogP contribution in [0.15, 0.2) is 48.9 Å². The average molecular weight is 458 g/mol. The van der Waals surface area contributed by atoms with Crippen molar-refractivity contribution >= 4 is 11.7 Å². The number of pyridine rings is 1. The van der Waals surface area contributed by atoms with Crippen LogP contribution in [0, 0.1) is 0 Å². The van der Waals surface area contributed by atoms with Gasteiger partial charge >= 0.3 is 6.18 Å². The Morgan fingerprint density at radius 2 is 1.76 bits per heavy atom. The maximum atomic E-state index is 13.6. The Morgan fingerprint density at radius 3 is 2.39 bits per heavy atom. The minimum Gasteiger partial charge on any atom is -0.496 e. The van der Waals surface area contributed by atoms with Crippen LogP contribution < -0.4 is 9.64 Å². The number of nitrogens with zero attached hydrogens (tertiary/aromatic N) is 6. The van der Waals surface area contributed by atoms with Gasteiger partial charge in [-0.2, -0.15) is 28.2 Å². The summed E-state index contributed by atoms with van der Waals surface area (Å²) >= 11 is 0. The number of hydrogen-bond acceptors (Lipinski definition) is 6. The Morgan fingerprint density at radius 1 is 1.06 bits per heavy atom. The van der Waals surface area contributed by atoms with Crippen molar-refractivity contribution in [1.29, 1.82) is 0 Å². The van der Waals surface area contributed by atoms with Crippen LogP contribution in [0.2, 0.25) is 0 Å². The topological polar surface area (TPSA) is 76.4 Å². The molecule has 2 aromatic heterocycles. The van der Waals surface area contributed by atoms with Crippen LogP contribution in [0.3, 0.4) is 0 Å². The van der Waals surface area contributed by atoms with Gasteiger partial charge in [-0.05, 0) is 37.1 Å². The molecule has 2 bridgehead atoms. The lowest BCUT2D eigenvalue weighted by Crippen LogP contribution is -2.56. The summed E-state index contributed by atoms with van der Waals surface area (Å²) in [6, 6.07) is 7.02. The van der Waals surface area contributed by atoms with Crippen LogP contribution in [-0.2, 0) is 6.18 Å². The van der Waals surface area contributed by atoms with Gasteiger partial charge in [-0.25, -0.2) is 4.98 Å². The highest BCUT2D eigenvalue weighted by molar-refractivity contribution is 6.00. The van der Waals surface area contributed by atoms with E-state index in [9.17, 15) is 18.0 Å². The fraction of sp³-hybridized carbons (Fsp3) is 0.364. The van der Waals surface area contributed by atoms with Crippen molar-refractivity contribution < 1.29 is 22.7 Å². The van der Waals surface area contributed by atoms with Crippen molar-refractivity contribution in [2.75, 3.05) is 25.1 Å². The van der Waals surface area contributed by atoms with Crippen molar-refractivity contribution in [2.45, 2.75) is 31.1 Å². The number of anilines is 1. The summed E-state index contributed by atoms with van der Waals surface area (Å²) in [6.07, 6.45) is 1.34. The van der Waals surface area contributed by atoms with E-state index in [2.05, 4.69) is 15.2 Å². The highest BCUT2D eigenvalue weighted by Crippen LogP contribution is 2.38. The summed E-state index contributed by atoms with van der Waals surface area (Å²) in [4.78, 5) is 22.9. The summed E-state index contributed by atoms with van der Waals surface area (Å²) < 4.78 is 45.1. The Balaban J connectivity index is 1.44. The van der Waals surface area contributed by atoms with E-state index in [-0.39, 0.29) is 18.0 Å². The van der Waals surface area contributed by atoms with Crippen molar-refractivity contribution in [3.05, 3.63) is 60.0 Å². The minimum absolute atomic E-state index is 0.121. The maximum Gasteiger partial charge on any atom is 0.416 e. The molecule has 11 heteroatoms. The molecule has 4 heterocycles. The van der Waals surface area contributed by atoms with Crippen LogP contribution in [0.4, 0.5) is 19.0 Å². The first-order chi connectivity index (χ1) is 15.9. The number of amides is 1. The number of benzene rings is 1. The smallest absolute Gasteiger partial charge is 0.416 e. The Kier molecular flexibility index (Phi) is 5.18. The summed E-state index contributed by atoms with van der Waals surface area (Å²) in [5.74, 6) is 0.473. The molecule has 3 aromatic rings. The number of carbonyl (C=O) groups is 1. The number of halogens is 3. The monoisotopic (exact) mass is 458 g/mol. The van der Waals surface area contributed by atoms with E-state index in [0.717, 1.165) is 25.0 Å². The van der Waals surface area contributed by atoms with E-state index in [4.69, 9.17) is 4.74 Å². The van der Waals surface area contributed by atoms with Gasteiger partial charge < -0.3 is 14.5 Å². The van der Waals surface area contributed by atoms with Gasteiger partial charge in [-0.15, -0.1) is 0 Å². The number of likely N-dealkylation sites (tertiary alicyclic amines) is 1. The molecule has 2 unspecified atom stereocenters. The number of hydrogen-bond donors (Lipinski definition) is 0. The lowest BCUT2D eigenvalue weighted by Gasteiger charge is -2.42. The number of fused-ring (bicyclic) bond motifs is 2. The van der Waals surface area contributed by atoms with E-state index >= 15 is 0 Å². The van der Waals surface area contributed by atoms with Crippen molar-refractivity contribution in [3.8, 4) is 11.4 Å². The van der Waals surface area contributed by atoms with Crippen LogP contribution in [0.25, 0.3) is 5.69 Å². The molecule has 1 aromatic carbocycles. The van der Waals surface area contributed by atoms with Gasteiger partial charge in [0.15, 0.2) is 0 Å². The standard InChI is InChI=1S/C22H21F3N6O2/c1-33-18-4-2-3-17(31-27-9-10-28-31)20(18)21(32)29-12-15-5-6-16(13-29)30(15)19-11-14(7-8-26-19)22(23,24)25/h2-4,7-11,15-16H,5-6,12-13H2,1H3. The molecule has 0 saturated carbocycles. The van der Waals surface area contributed by atoms with E-state index in [1.165, 1.54) is 30.5 Å². The molecule has 2 saturated heterocycles. The predicted molar refractivity (Wildman–Crippen MR) is 112 cm³/mol. The largest absolute Gasteiger partial charge is 0.496 e. The Hall–Kier alpha value is -3.63. The zero-order valence-corrected chi connectivity index (χ0v) is 17.7. The molecule has 2 fully saturated rings. The first kappa shape index (κ1) is 21.2. The number of alkyl halides is 3. The quantitative estimate of drug-likeness (QED) is 0.598. The lowest BCUT2D eigenvalue weighted by molar-refractivity contribution is -0.137. The zero-order valence-electron chi connectivity index (χ0n) is 17.7. The number of carbonyl (C=O) groups excluding carboxylic acids is 1.